The van der Waals surface area contributed by atoms with Crippen molar-refractivity contribution >= 4 is 0 Å². The zero-order chi connectivity index (χ0) is 14.2. The molecule has 0 aliphatic heterocycles. The van der Waals surface area contributed by atoms with Crippen molar-refractivity contribution < 1.29 is 0 Å². The van der Waals surface area contributed by atoms with Gasteiger partial charge in [0.25, 0.3) is 0 Å². The second-order valence-corrected chi connectivity index (χ2v) is 6.52. The summed E-state index contributed by atoms with van der Waals surface area (Å²) in [6.07, 6.45) is 4.34. The Kier molecular flexibility index (Phi) is 3.38. The number of nitrogens with zero attached hydrogens (tertiary/aromatic N) is 1. The van der Waals surface area contributed by atoms with E-state index in [4.69, 9.17) is 0 Å². The average Bonchev–Trinajstić information content (AvgIpc) is 2.83. The lowest BCUT2D eigenvalue weighted by Crippen LogP contribution is -2.37. The van der Waals surface area contributed by atoms with Gasteiger partial charge in [-0.2, -0.15) is 5.10 Å². The predicted octanol–water partition coefficient (Wildman–Crippen LogP) is 3.52. The van der Waals surface area contributed by atoms with Gasteiger partial charge in [0.1, 0.15) is 0 Å². The van der Waals surface area contributed by atoms with Crippen LogP contribution in [0.1, 0.15) is 48.7 Å². The number of fused-ring (bicyclic) bond motifs is 1. The fourth-order valence-corrected chi connectivity index (χ4v) is 3.22. The largest absolute Gasteiger partial charge is 0.305 e. The molecule has 3 nitrogen and oxygen atoms in total. The summed E-state index contributed by atoms with van der Waals surface area (Å²) >= 11 is 0. The third-order valence-electron chi connectivity index (χ3n) is 4.62. The van der Waals surface area contributed by atoms with Gasteiger partial charge in [-0.25, -0.2) is 0 Å². The molecule has 2 aromatic rings. The molecule has 1 unspecified atom stereocenters. The summed E-state index contributed by atoms with van der Waals surface area (Å²) in [7, 11) is 0. The fourth-order valence-electron chi connectivity index (χ4n) is 3.22. The number of aromatic nitrogens is 2. The first kappa shape index (κ1) is 13.4. The maximum absolute atomic E-state index is 4.10. The molecule has 0 bridgehead atoms. The smallest absolute Gasteiger partial charge is 0.0535 e. The van der Waals surface area contributed by atoms with Gasteiger partial charge in [0.15, 0.2) is 0 Å². The molecule has 20 heavy (non-hydrogen) atoms. The van der Waals surface area contributed by atoms with Crippen molar-refractivity contribution in [3.63, 3.8) is 0 Å². The summed E-state index contributed by atoms with van der Waals surface area (Å²) in [5.74, 6) is 0. The monoisotopic (exact) mass is 269 g/mol. The molecule has 1 aliphatic rings. The van der Waals surface area contributed by atoms with Gasteiger partial charge in [0.05, 0.1) is 6.20 Å². The summed E-state index contributed by atoms with van der Waals surface area (Å²) in [4.78, 5) is 0. The maximum Gasteiger partial charge on any atom is 0.0535 e. The van der Waals surface area contributed by atoms with Gasteiger partial charge in [-0.15, -0.1) is 0 Å². The van der Waals surface area contributed by atoms with Gasteiger partial charge in [-0.3, -0.25) is 5.10 Å². The normalized spacial score (nSPS) is 20.6. The van der Waals surface area contributed by atoms with E-state index < -0.39 is 0 Å². The highest BCUT2D eigenvalue weighted by Crippen LogP contribution is 2.43. The number of hydrogen-bond donors (Lipinski definition) is 2. The highest BCUT2D eigenvalue weighted by Gasteiger charge is 2.35. The van der Waals surface area contributed by atoms with Crippen molar-refractivity contribution in [2.75, 3.05) is 0 Å². The van der Waals surface area contributed by atoms with Crippen molar-refractivity contribution in [1.82, 2.24) is 15.5 Å². The van der Waals surface area contributed by atoms with E-state index in [9.17, 15) is 0 Å². The van der Waals surface area contributed by atoms with E-state index in [1.807, 2.05) is 6.20 Å². The molecule has 1 aliphatic carbocycles. The predicted molar refractivity (Wildman–Crippen MR) is 81.4 cm³/mol. The number of aryl methyl sites for hydroxylation is 2. The Morgan fingerprint density at radius 3 is 2.90 bits per heavy atom. The molecule has 0 saturated heterocycles. The van der Waals surface area contributed by atoms with Crippen molar-refractivity contribution in [2.45, 2.75) is 46.2 Å². The molecule has 0 spiro atoms. The Hall–Kier alpha value is -1.61. The number of nitrogens with one attached hydrogen (secondary N) is 2. The number of rotatable bonds is 3. The summed E-state index contributed by atoms with van der Waals surface area (Å²) in [5, 5.41) is 10.9. The molecule has 2 N–H and O–H groups in total. The van der Waals surface area contributed by atoms with Crippen LogP contribution < -0.4 is 5.32 Å². The average molecular weight is 269 g/mol. The van der Waals surface area contributed by atoms with Crippen molar-refractivity contribution in [3.8, 4) is 0 Å². The first-order chi connectivity index (χ1) is 9.58. The Labute approximate surface area is 120 Å². The van der Waals surface area contributed by atoms with Gasteiger partial charge in [-0.05, 0) is 36.3 Å². The summed E-state index contributed by atoms with van der Waals surface area (Å²) in [5.41, 5.74) is 5.65. The van der Waals surface area contributed by atoms with E-state index in [-0.39, 0.29) is 5.41 Å². The molecule has 0 saturated carbocycles. The van der Waals surface area contributed by atoms with E-state index in [0.29, 0.717) is 6.04 Å². The molecule has 1 heterocycles. The second kappa shape index (κ2) is 5.06. The van der Waals surface area contributed by atoms with Gasteiger partial charge in [-0.1, -0.05) is 38.1 Å². The lowest BCUT2D eigenvalue weighted by molar-refractivity contribution is 0.208. The number of aromatic amines is 1. The third-order valence-corrected chi connectivity index (χ3v) is 4.62. The fraction of sp³-hybridized carbons (Fsp3) is 0.471. The van der Waals surface area contributed by atoms with E-state index in [1.165, 1.54) is 29.5 Å². The van der Waals surface area contributed by atoms with Gasteiger partial charge < -0.3 is 5.32 Å². The Morgan fingerprint density at radius 1 is 1.35 bits per heavy atom. The minimum absolute atomic E-state index is 0.284. The first-order valence-electron chi connectivity index (χ1n) is 7.38. The minimum Gasteiger partial charge on any atom is -0.305 e. The number of hydrogen-bond acceptors (Lipinski definition) is 2. The molecule has 106 valence electrons. The highest BCUT2D eigenvalue weighted by molar-refractivity contribution is 5.34. The van der Waals surface area contributed by atoms with E-state index in [1.54, 1.807) is 0 Å². The molecule has 0 radical (unpaired) electrons. The van der Waals surface area contributed by atoms with Crippen LogP contribution in [0.5, 0.6) is 0 Å². The zero-order valence-electron chi connectivity index (χ0n) is 12.5. The van der Waals surface area contributed by atoms with Crippen LogP contribution in [0.2, 0.25) is 0 Å². The Bertz CT molecular complexity index is 598. The van der Waals surface area contributed by atoms with Crippen LogP contribution in [-0.2, 0) is 13.0 Å². The lowest BCUT2D eigenvalue weighted by Gasteiger charge is -2.40. The van der Waals surface area contributed by atoms with Crippen LogP contribution >= 0.6 is 0 Å². The molecule has 3 heteroatoms. The first-order valence-corrected chi connectivity index (χ1v) is 7.38. The van der Waals surface area contributed by atoms with Crippen LogP contribution in [-0.4, -0.2) is 10.2 Å². The van der Waals surface area contributed by atoms with Crippen molar-refractivity contribution in [3.05, 3.63) is 52.8 Å². The molecule has 0 fully saturated rings. The van der Waals surface area contributed by atoms with Gasteiger partial charge in [0.2, 0.25) is 0 Å². The molecule has 1 atom stereocenters. The second-order valence-electron chi connectivity index (χ2n) is 6.52. The van der Waals surface area contributed by atoms with Crippen molar-refractivity contribution in [1.29, 1.82) is 0 Å². The third kappa shape index (κ3) is 2.38. The Balaban J connectivity index is 1.85. The van der Waals surface area contributed by atoms with Crippen LogP contribution in [0.3, 0.4) is 0 Å². The summed E-state index contributed by atoms with van der Waals surface area (Å²) in [6.45, 7) is 7.67. The summed E-state index contributed by atoms with van der Waals surface area (Å²) in [6, 6.07) is 9.24. The van der Waals surface area contributed by atoms with Crippen LogP contribution in [0.25, 0.3) is 0 Å². The van der Waals surface area contributed by atoms with Crippen molar-refractivity contribution in [2.24, 2.45) is 5.41 Å². The van der Waals surface area contributed by atoms with Gasteiger partial charge in [0, 0.05) is 23.8 Å². The highest BCUT2D eigenvalue weighted by atomic mass is 15.1. The zero-order valence-corrected chi connectivity index (χ0v) is 12.5. The molecular formula is C17H23N3. The molecule has 1 aromatic heterocycles. The molecular weight excluding hydrogens is 246 g/mol. The molecule has 0 amide bonds. The van der Waals surface area contributed by atoms with E-state index >= 15 is 0 Å². The SMILES string of the molecule is Cc1[nH]ncc1CNC1c2ccccc2CCC1(C)C. The molecule has 1 aromatic carbocycles. The van der Waals surface area contributed by atoms with Crippen LogP contribution in [0.4, 0.5) is 0 Å². The van der Waals surface area contributed by atoms with E-state index in [2.05, 4.69) is 60.6 Å². The van der Waals surface area contributed by atoms with Gasteiger partial charge >= 0.3 is 0 Å². The lowest BCUT2D eigenvalue weighted by atomic mass is 9.70. The minimum atomic E-state index is 0.284. The van der Waals surface area contributed by atoms with E-state index in [0.717, 1.165) is 12.2 Å². The summed E-state index contributed by atoms with van der Waals surface area (Å²) < 4.78 is 0. The quantitative estimate of drug-likeness (QED) is 0.895. The topological polar surface area (TPSA) is 40.7 Å². The van der Waals surface area contributed by atoms with Crippen LogP contribution in [0, 0.1) is 12.3 Å². The number of H-pyrrole nitrogens is 1. The standard InChI is InChI=1S/C17H23N3/c1-12-14(11-19-20-12)10-18-16-15-7-5-4-6-13(15)8-9-17(16,2)3/h4-7,11,16,18H,8-10H2,1-3H3,(H,19,20). The maximum atomic E-state index is 4.10. The number of benzene rings is 1. The van der Waals surface area contributed by atoms with Crippen LogP contribution in [0.15, 0.2) is 30.5 Å². The molecule has 3 rings (SSSR count). The Morgan fingerprint density at radius 2 is 2.15 bits per heavy atom.